The van der Waals surface area contributed by atoms with Gasteiger partial charge in [-0.1, -0.05) is 12.8 Å². The lowest BCUT2D eigenvalue weighted by atomic mass is 9.89. The predicted molar refractivity (Wildman–Crippen MR) is 78.6 cm³/mol. The van der Waals surface area contributed by atoms with E-state index in [4.69, 9.17) is 9.84 Å². The second kappa shape index (κ2) is 6.54. The Bertz CT molecular complexity index is 530. The van der Waals surface area contributed by atoms with Crippen molar-refractivity contribution in [3.63, 3.8) is 0 Å². The standard InChI is InChI=1S/C14H23NO6S/c1-21-13(18)14(6-2-3-7-14)10-22(19,20)15-8-4-11(5-9-15)12(16)17/h11H,2-10H2,1H3,(H,16,17). The van der Waals surface area contributed by atoms with Crippen LogP contribution in [0.2, 0.25) is 0 Å². The molecule has 1 heterocycles. The van der Waals surface area contributed by atoms with Crippen molar-refractivity contribution in [1.29, 1.82) is 0 Å². The second-order valence-electron chi connectivity index (χ2n) is 6.25. The lowest BCUT2D eigenvalue weighted by molar-refractivity contribution is -0.151. The number of carbonyl (C=O) groups is 2. The minimum absolute atomic E-state index is 0.205. The topological polar surface area (TPSA) is 101 Å². The molecule has 22 heavy (non-hydrogen) atoms. The molecule has 0 aromatic rings. The monoisotopic (exact) mass is 333 g/mol. The number of carboxylic acid groups (broad SMARTS) is 1. The molecule has 0 unspecified atom stereocenters. The zero-order chi connectivity index (χ0) is 16.4. The first-order valence-corrected chi connectivity index (χ1v) is 9.21. The van der Waals surface area contributed by atoms with E-state index in [-0.39, 0.29) is 18.8 Å². The van der Waals surface area contributed by atoms with Crippen LogP contribution in [0.4, 0.5) is 0 Å². The Balaban J connectivity index is 2.07. The Morgan fingerprint density at radius 1 is 1.23 bits per heavy atom. The number of piperidine rings is 1. The van der Waals surface area contributed by atoms with Crippen LogP contribution >= 0.6 is 0 Å². The summed E-state index contributed by atoms with van der Waals surface area (Å²) in [6, 6.07) is 0. The summed E-state index contributed by atoms with van der Waals surface area (Å²) in [5.74, 6) is -2.04. The number of hydrogen-bond acceptors (Lipinski definition) is 5. The Morgan fingerprint density at radius 2 is 1.77 bits per heavy atom. The molecule has 2 fully saturated rings. The number of aliphatic carboxylic acids is 1. The first-order chi connectivity index (χ1) is 10.3. The molecule has 0 amide bonds. The van der Waals surface area contributed by atoms with Gasteiger partial charge >= 0.3 is 11.9 Å². The van der Waals surface area contributed by atoms with Crippen molar-refractivity contribution in [2.24, 2.45) is 11.3 Å². The van der Waals surface area contributed by atoms with Crippen LogP contribution in [0.1, 0.15) is 38.5 Å². The van der Waals surface area contributed by atoms with Gasteiger partial charge in [-0.3, -0.25) is 9.59 Å². The fraction of sp³-hybridized carbons (Fsp3) is 0.857. The number of methoxy groups -OCH3 is 1. The van der Waals surface area contributed by atoms with Crippen molar-refractivity contribution in [2.75, 3.05) is 26.0 Å². The fourth-order valence-electron chi connectivity index (χ4n) is 3.50. The summed E-state index contributed by atoms with van der Waals surface area (Å²) in [5, 5.41) is 8.97. The zero-order valence-corrected chi connectivity index (χ0v) is 13.6. The summed E-state index contributed by atoms with van der Waals surface area (Å²) >= 11 is 0. The fourth-order valence-corrected chi connectivity index (χ4v) is 5.55. The predicted octanol–water partition coefficient (Wildman–Crippen LogP) is 0.846. The molecule has 7 nitrogen and oxygen atoms in total. The molecule has 8 heteroatoms. The van der Waals surface area contributed by atoms with Gasteiger partial charge in [0.25, 0.3) is 0 Å². The van der Waals surface area contributed by atoms with Crippen molar-refractivity contribution in [3.05, 3.63) is 0 Å². The summed E-state index contributed by atoms with van der Waals surface area (Å²) in [6.07, 6.45) is 3.35. The van der Waals surface area contributed by atoms with Crippen LogP contribution in [0, 0.1) is 11.3 Å². The van der Waals surface area contributed by atoms with Gasteiger partial charge in [0, 0.05) is 13.1 Å². The molecule has 1 saturated carbocycles. The first kappa shape index (κ1) is 17.2. The number of ether oxygens (including phenoxy) is 1. The normalized spacial score (nSPS) is 23.3. The van der Waals surface area contributed by atoms with Gasteiger partial charge in [-0.15, -0.1) is 0 Å². The molecule has 1 N–H and O–H groups in total. The van der Waals surface area contributed by atoms with Crippen LogP contribution in [0.25, 0.3) is 0 Å². The SMILES string of the molecule is COC(=O)C1(CS(=O)(=O)N2CCC(C(=O)O)CC2)CCCC1. The number of nitrogens with zero attached hydrogens (tertiary/aromatic N) is 1. The molecule has 0 aromatic heterocycles. The molecular formula is C14H23NO6S. The third-order valence-electron chi connectivity index (χ3n) is 4.83. The van der Waals surface area contributed by atoms with Crippen molar-refractivity contribution >= 4 is 22.0 Å². The number of carboxylic acids is 1. The molecule has 0 aromatic carbocycles. The zero-order valence-electron chi connectivity index (χ0n) is 12.8. The highest BCUT2D eigenvalue weighted by atomic mass is 32.2. The highest BCUT2D eigenvalue weighted by molar-refractivity contribution is 7.89. The Hall–Kier alpha value is -1.15. The number of hydrogen-bond donors (Lipinski definition) is 1. The van der Waals surface area contributed by atoms with Crippen LogP contribution < -0.4 is 0 Å². The molecule has 2 rings (SSSR count). The van der Waals surface area contributed by atoms with E-state index in [0.717, 1.165) is 12.8 Å². The molecule has 2 aliphatic rings. The molecule has 0 spiro atoms. The van der Waals surface area contributed by atoms with E-state index in [1.807, 2.05) is 0 Å². The van der Waals surface area contributed by atoms with E-state index in [1.54, 1.807) is 0 Å². The van der Waals surface area contributed by atoms with Crippen LogP contribution in [0.3, 0.4) is 0 Å². The highest BCUT2D eigenvalue weighted by Crippen LogP contribution is 2.41. The van der Waals surface area contributed by atoms with E-state index in [1.165, 1.54) is 11.4 Å². The van der Waals surface area contributed by atoms with Crippen LogP contribution in [0.15, 0.2) is 0 Å². The lowest BCUT2D eigenvalue weighted by Gasteiger charge is -2.33. The molecular weight excluding hydrogens is 310 g/mol. The summed E-state index contributed by atoms with van der Waals surface area (Å²) in [6.45, 7) is 0.410. The van der Waals surface area contributed by atoms with Gasteiger partial charge in [0.15, 0.2) is 0 Å². The van der Waals surface area contributed by atoms with Gasteiger partial charge in [-0.25, -0.2) is 12.7 Å². The molecule has 0 bridgehead atoms. The third kappa shape index (κ3) is 3.43. The summed E-state index contributed by atoms with van der Waals surface area (Å²) < 4.78 is 31.4. The second-order valence-corrected chi connectivity index (χ2v) is 8.22. The van der Waals surface area contributed by atoms with Gasteiger partial charge in [0.1, 0.15) is 0 Å². The molecule has 1 saturated heterocycles. The van der Waals surface area contributed by atoms with E-state index in [2.05, 4.69) is 0 Å². The van der Waals surface area contributed by atoms with E-state index in [9.17, 15) is 18.0 Å². The maximum Gasteiger partial charge on any atom is 0.312 e. The van der Waals surface area contributed by atoms with Crippen molar-refractivity contribution in [2.45, 2.75) is 38.5 Å². The van der Waals surface area contributed by atoms with E-state index >= 15 is 0 Å². The Labute approximate surface area is 130 Å². The summed E-state index contributed by atoms with van der Waals surface area (Å²) in [5.41, 5.74) is -0.933. The maximum atomic E-state index is 12.6. The van der Waals surface area contributed by atoms with Gasteiger partial charge in [0.2, 0.25) is 10.0 Å². The smallest absolute Gasteiger partial charge is 0.312 e. The van der Waals surface area contributed by atoms with Crippen molar-refractivity contribution in [3.8, 4) is 0 Å². The van der Waals surface area contributed by atoms with Crippen molar-refractivity contribution < 1.29 is 27.9 Å². The number of esters is 1. The average Bonchev–Trinajstić information content (AvgIpc) is 2.95. The number of rotatable bonds is 5. The van der Waals surface area contributed by atoms with Crippen molar-refractivity contribution in [1.82, 2.24) is 4.31 Å². The first-order valence-electron chi connectivity index (χ1n) is 7.60. The molecule has 1 aliphatic heterocycles. The number of carbonyl (C=O) groups excluding carboxylic acids is 1. The Kier molecular flexibility index (Phi) is 5.11. The minimum Gasteiger partial charge on any atom is -0.481 e. The largest absolute Gasteiger partial charge is 0.481 e. The highest BCUT2D eigenvalue weighted by Gasteiger charge is 2.47. The molecule has 0 atom stereocenters. The van der Waals surface area contributed by atoms with Crippen LogP contribution in [-0.4, -0.2) is 55.7 Å². The van der Waals surface area contributed by atoms with Gasteiger partial charge in [0.05, 0.1) is 24.2 Å². The van der Waals surface area contributed by atoms with Gasteiger partial charge < -0.3 is 9.84 Å². The van der Waals surface area contributed by atoms with Crippen LogP contribution in [-0.2, 0) is 24.3 Å². The van der Waals surface area contributed by atoms with E-state index < -0.39 is 33.3 Å². The number of sulfonamides is 1. The van der Waals surface area contributed by atoms with E-state index in [0.29, 0.717) is 25.7 Å². The maximum absolute atomic E-state index is 12.6. The van der Waals surface area contributed by atoms with Gasteiger partial charge in [-0.2, -0.15) is 0 Å². The lowest BCUT2D eigenvalue weighted by Crippen LogP contribution is -2.46. The van der Waals surface area contributed by atoms with Crippen LogP contribution in [0.5, 0.6) is 0 Å². The minimum atomic E-state index is -3.59. The molecule has 0 radical (unpaired) electrons. The van der Waals surface area contributed by atoms with Gasteiger partial charge in [-0.05, 0) is 25.7 Å². The average molecular weight is 333 g/mol. The quantitative estimate of drug-likeness (QED) is 0.748. The summed E-state index contributed by atoms with van der Waals surface area (Å²) in [7, 11) is -2.30. The molecule has 1 aliphatic carbocycles. The molecule has 126 valence electrons. The third-order valence-corrected chi connectivity index (χ3v) is 6.90. The summed E-state index contributed by atoms with van der Waals surface area (Å²) in [4.78, 5) is 23.0. The Morgan fingerprint density at radius 3 is 2.23 bits per heavy atom.